The van der Waals surface area contributed by atoms with Gasteiger partial charge in [-0.25, -0.2) is 0 Å². The lowest BCUT2D eigenvalue weighted by Crippen LogP contribution is -2.40. The average molecular weight is 303 g/mol. The number of guanidine groups is 1. The Labute approximate surface area is 120 Å². The van der Waals surface area contributed by atoms with Crippen LogP contribution in [0.1, 0.15) is 25.5 Å². The van der Waals surface area contributed by atoms with E-state index in [2.05, 4.69) is 4.99 Å². The van der Waals surface area contributed by atoms with E-state index in [1.54, 1.807) is 12.1 Å². The van der Waals surface area contributed by atoms with Crippen LogP contribution in [0.2, 0.25) is 0 Å². The fourth-order valence-electron chi connectivity index (χ4n) is 2.29. The van der Waals surface area contributed by atoms with E-state index in [4.69, 9.17) is 5.73 Å². The molecule has 3 nitrogen and oxygen atoms in total. The molecule has 0 saturated carbocycles. The minimum Gasteiger partial charge on any atom is -0.370 e. The predicted octanol–water partition coefficient (Wildman–Crippen LogP) is 3.38. The highest BCUT2D eigenvalue weighted by Gasteiger charge is 2.31. The molecule has 1 aromatic carbocycles. The number of alkyl halides is 3. The van der Waals surface area contributed by atoms with Crippen molar-refractivity contribution in [3.05, 3.63) is 29.8 Å². The maximum absolute atomic E-state index is 12.3. The van der Waals surface area contributed by atoms with Gasteiger partial charge in [0.25, 0.3) is 0 Å². The van der Waals surface area contributed by atoms with Crippen LogP contribution in [0.5, 0.6) is 0 Å². The Morgan fingerprint density at radius 1 is 1.30 bits per heavy atom. The van der Waals surface area contributed by atoms with Crippen molar-refractivity contribution in [2.24, 2.45) is 10.7 Å². The molecule has 1 atom stereocenters. The number of nitrogens with two attached hydrogens (primary N) is 1. The van der Waals surface area contributed by atoms with E-state index in [-0.39, 0.29) is 28.7 Å². The molecular formula is C13H16F3N3S. The van der Waals surface area contributed by atoms with Crippen LogP contribution in [0, 0.1) is 0 Å². The molecule has 2 N–H and O–H groups in total. The zero-order valence-corrected chi connectivity index (χ0v) is 12.0. The normalized spacial score (nSPS) is 19.6. The molecule has 1 heterocycles. The van der Waals surface area contributed by atoms with Gasteiger partial charge in [-0.3, -0.25) is 4.99 Å². The number of rotatable bonds is 3. The summed E-state index contributed by atoms with van der Waals surface area (Å²) in [5.41, 5.74) is 2.51. The van der Waals surface area contributed by atoms with E-state index in [0.717, 1.165) is 5.56 Å². The van der Waals surface area contributed by atoms with Gasteiger partial charge in [-0.1, -0.05) is 12.1 Å². The van der Waals surface area contributed by atoms with Crippen LogP contribution in [0.3, 0.4) is 0 Å². The quantitative estimate of drug-likeness (QED) is 0.870. The summed E-state index contributed by atoms with van der Waals surface area (Å²) in [5.74, 6) is 0.485. The third-order valence-corrected chi connectivity index (χ3v) is 3.82. The van der Waals surface area contributed by atoms with Crippen LogP contribution < -0.4 is 5.73 Å². The van der Waals surface area contributed by atoms with Crippen LogP contribution in [-0.4, -0.2) is 29.0 Å². The van der Waals surface area contributed by atoms with Crippen molar-refractivity contribution in [3.63, 3.8) is 0 Å². The summed E-state index contributed by atoms with van der Waals surface area (Å²) in [6.07, 6.45) is 0. The van der Waals surface area contributed by atoms with Crippen LogP contribution in [0.4, 0.5) is 13.2 Å². The first kappa shape index (κ1) is 15.0. The molecule has 0 fully saturated rings. The Morgan fingerprint density at radius 2 is 1.90 bits per heavy atom. The largest absolute Gasteiger partial charge is 0.446 e. The number of thioether (sulfide) groups is 1. The van der Waals surface area contributed by atoms with Crippen LogP contribution in [-0.2, 0) is 0 Å². The van der Waals surface area contributed by atoms with Crippen molar-refractivity contribution in [1.82, 2.24) is 4.90 Å². The zero-order valence-electron chi connectivity index (χ0n) is 11.2. The van der Waals surface area contributed by atoms with E-state index in [9.17, 15) is 13.2 Å². The van der Waals surface area contributed by atoms with Gasteiger partial charge in [-0.2, -0.15) is 13.2 Å². The van der Waals surface area contributed by atoms with E-state index >= 15 is 0 Å². The highest BCUT2D eigenvalue weighted by molar-refractivity contribution is 8.00. The maximum Gasteiger partial charge on any atom is 0.446 e. The van der Waals surface area contributed by atoms with Crippen molar-refractivity contribution in [2.45, 2.75) is 36.3 Å². The molecule has 0 radical (unpaired) electrons. The van der Waals surface area contributed by atoms with Crippen molar-refractivity contribution in [2.75, 3.05) is 6.54 Å². The summed E-state index contributed by atoms with van der Waals surface area (Å²) >= 11 is -0.107. The number of hydrogen-bond acceptors (Lipinski definition) is 4. The predicted molar refractivity (Wildman–Crippen MR) is 74.6 cm³/mol. The molecule has 1 aliphatic heterocycles. The van der Waals surface area contributed by atoms with E-state index in [0.29, 0.717) is 12.5 Å². The standard InChI is InChI=1S/C13H16F3N3S/c1-8(2)19-11(7-18-12(19)17)9-3-5-10(6-4-9)20-13(14,15)16/h3-6,8,11H,7H2,1-2H3,(H2,17,18). The van der Waals surface area contributed by atoms with E-state index in [1.165, 1.54) is 12.1 Å². The second kappa shape index (κ2) is 5.55. The van der Waals surface area contributed by atoms with E-state index < -0.39 is 5.51 Å². The summed E-state index contributed by atoms with van der Waals surface area (Å²) in [4.78, 5) is 6.38. The smallest absolute Gasteiger partial charge is 0.370 e. The molecule has 20 heavy (non-hydrogen) atoms. The lowest BCUT2D eigenvalue weighted by atomic mass is 10.1. The lowest BCUT2D eigenvalue weighted by Gasteiger charge is -2.30. The molecule has 0 saturated heterocycles. The van der Waals surface area contributed by atoms with Crippen LogP contribution >= 0.6 is 11.8 Å². The first-order chi connectivity index (χ1) is 9.28. The number of benzene rings is 1. The van der Waals surface area contributed by atoms with Gasteiger partial charge < -0.3 is 10.6 Å². The third kappa shape index (κ3) is 3.39. The zero-order chi connectivity index (χ0) is 14.9. The molecule has 0 bridgehead atoms. The van der Waals surface area contributed by atoms with Gasteiger partial charge in [0, 0.05) is 10.9 Å². The maximum atomic E-state index is 12.3. The van der Waals surface area contributed by atoms with Gasteiger partial charge in [0.05, 0.1) is 12.6 Å². The summed E-state index contributed by atoms with van der Waals surface area (Å²) in [6, 6.07) is 6.58. The first-order valence-electron chi connectivity index (χ1n) is 6.22. The fourth-order valence-corrected chi connectivity index (χ4v) is 2.83. The summed E-state index contributed by atoms with van der Waals surface area (Å²) < 4.78 is 36.8. The summed E-state index contributed by atoms with van der Waals surface area (Å²) in [6.45, 7) is 4.55. The van der Waals surface area contributed by atoms with Gasteiger partial charge in [0.2, 0.25) is 0 Å². The summed E-state index contributed by atoms with van der Waals surface area (Å²) in [5, 5.41) is 0. The highest BCUT2D eigenvalue weighted by Crippen LogP contribution is 2.37. The highest BCUT2D eigenvalue weighted by atomic mass is 32.2. The third-order valence-electron chi connectivity index (χ3n) is 3.08. The molecule has 1 aromatic rings. The van der Waals surface area contributed by atoms with Crippen molar-refractivity contribution < 1.29 is 13.2 Å². The van der Waals surface area contributed by atoms with Gasteiger partial charge in [0.15, 0.2) is 5.96 Å². The molecule has 110 valence electrons. The van der Waals surface area contributed by atoms with Gasteiger partial charge in [-0.15, -0.1) is 0 Å². The SMILES string of the molecule is CC(C)N1C(N)=NCC1c1ccc(SC(F)(F)F)cc1. The first-order valence-corrected chi connectivity index (χ1v) is 7.03. The second-order valence-corrected chi connectivity index (χ2v) is 5.97. The van der Waals surface area contributed by atoms with Crippen LogP contribution in [0.15, 0.2) is 34.2 Å². The Kier molecular flexibility index (Phi) is 4.17. The molecule has 0 spiro atoms. The van der Waals surface area contributed by atoms with Gasteiger partial charge >= 0.3 is 5.51 Å². The Morgan fingerprint density at radius 3 is 2.40 bits per heavy atom. The topological polar surface area (TPSA) is 41.6 Å². The minimum absolute atomic E-state index is 0.0000586. The van der Waals surface area contributed by atoms with Crippen molar-refractivity contribution >= 4 is 17.7 Å². The molecule has 0 amide bonds. The molecule has 7 heteroatoms. The van der Waals surface area contributed by atoms with E-state index in [1.807, 2.05) is 18.7 Å². The molecule has 0 aliphatic carbocycles. The van der Waals surface area contributed by atoms with Gasteiger partial charge in [-0.05, 0) is 43.3 Å². The van der Waals surface area contributed by atoms with Crippen LogP contribution in [0.25, 0.3) is 0 Å². The molecular weight excluding hydrogens is 287 g/mol. The van der Waals surface area contributed by atoms with Gasteiger partial charge in [0.1, 0.15) is 0 Å². The van der Waals surface area contributed by atoms with Crippen molar-refractivity contribution in [1.29, 1.82) is 0 Å². The molecule has 2 rings (SSSR count). The summed E-state index contributed by atoms with van der Waals surface area (Å²) in [7, 11) is 0. The molecule has 0 aromatic heterocycles. The Bertz CT molecular complexity index is 497. The van der Waals surface area contributed by atoms with Crippen molar-refractivity contribution in [3.8, 4) is 0 Å². The number of nitrogens with zero attached hydrogens (tertiary/aromatic N) is 2. The number of aliphatic imine (C=N–C) groups is 1. The second-order valence-electron chi connectivity index (χ2n) is 4.83. The molecule has 1 unspecified atom stereocenters. The minimum atomic E-state index is -4.26. The number of halogens is 3. The fraction of sp³-hybridized carbons (Fsp3) is 0.462. The molecule has 1 aliphatic rings. The number of hydrogen-bond donors (Lipinski definition) is 1. The average Bonchev–Trinajstić information content (AvgIpc) is 2.70. The Hall–Kier alpha value is -1.37. The Balaban J connectivity index is 2.15. The lowest BCUT2D eigenvalue weighted by molar-refractivity contribution is -0.0328. The monoisotopic (exact) mass is 303 g/mol.